The average Bonchev–Trinajstić information content (AvgIpc) is 3.07. The fraction of sp³-hybridized carbons (Fsp3) is 0.333. The second-order valence-electron chi connectivity index (χ2n) is 4.48. The summed E-state index contributed by atoms with van der Waals surface area (Å²) in [4.78, 5) is 10.5. The average molecular weight is 329 g/mol. The van der Waals surface area contributed by atoms with Gasteiger partial charge in [-0.3, -0.25) is 9.48 Å². The van der Waals surface area contributed by atoms with Crippen LogP contribution in [0.1, 0.15) is 24.9 Å². The Kier molecular flexibility index (Phi) is 4.76. The van der Waals surface area contributed by atoms with E-state index < -0.39 is 16.0 Å². The third kappa shape index (κ3) is 4.13. The van der Waals surface area contributed by atoms with Crippen molar-refractivity contribution in [1.29, 1.82) is 0 Å². The summed E-state index contributed by atoms with van der Waals surface area (Å²) in [6, 6.07) is 1.51. The summed E-state index contributed by atoms with van der Waals surface area (Å²) in [6.07, 6.45) is 2.43. The van der Waals surface area contributed by atoms with Gasteiger partial charge in [0.05, 0.1) is 19.2 Å². The zero-order valence-corrected chi connectivity index (χ0v) is 12.9. The lowest BCUT2D eigenvalue weighted by Crippen LogP contribution is -2.26. The molecule has 0 aromatic carbocycles. The number of rotatable bonds is 7. The van der Waals surface area contributed by atoms with E-state index in [-0.39, 0.29) is 23.9 Å². The van der Waals surface area contributed by atoms with Gasteiger partial charge in [0, 0.05) is 12.2 Å². The first-order valence-electron chi connectivity index (χ1n) is 6.17. The van der Waals surface area contributed by atoms with Crippen LogP contribution in [0.25, 0.3) is 0 Å². The molecule has 2 N–H and O–H groups in total. The molecular weight excluding hydrogens is 314 g/mol. The van der Waals surface area contributed by atoms with Crippen LogP contribution in [0.4, 0.5) is 0 Å². The summed E-state index contributed by atoms with van der Waals surface area (Å²) in [6.45, 7) is 1.89. The van der Waals surface area contributed by atoms with Crippen LogP contribution in [-0.2, 0) is 21.4 Å². The van der Waals surface area contributed by atoms with Gasteiger partial charge >= 0.3 is 5.97 Å². The Labute approximate surface area is 126 Å². The molecule has 114 valence electrons. The van der Waals surface area contributed by atoms with Crippen molar-refractivity contribution in [1.82, 2.24) is 14.5 Å². The Morgan fingerprint density at radius 3 is 2.95 bits per heavy atom. The van der Waals surface area contributed by atoms with Crippen molar-refractivity contribution < 1.29 is 18.3 Å². The van der Waals surface area contributed by atoms with Gasteiger partial charge in [0.1, 0.15) is 4.90 Å². The highest BCUT2D eigenvalue weighted by atomic mass is 32.2. The van der Waals surface area contributed by atoms with Gasteiger partial charge in [-0.2, -0.15) is 16.4 Å². The number of nitrogens with one attached hydrogen (secondary N) is 1. The maximum absolute atomic E-state index is 12.2. The van der Waals surface area contributed by atoms with E-state index in [0.29, 0.717) is 0 Å². The lowest BCUT2D eigenvalue weighted by molar-refractivity contribution is -0.137. The minimum Gasteiger partial charge on any atom is -0.481 e. The van der Waals surface area contributed by atoms with Crippen LogP contribution < -0.4 is 4.72 Å². The third-order valence-corrected chi connectivity index (χ3v) is 5.05. The van der Waals surface area contributed by atoms with E-state index in [4.69, 9.17) is 5.11 Å². The van der Waals surface area contributed by atoms with E-state index in [1.54, 1.807) is 6.92 Å². The first-order valence-corrected chi connectivity index (χ1v) is 8.60. The van der Waals surface area contributed by atoms with Crippen LogP contribution in [0.5, 0.6) is 0 Å². The Morgan fingerprint density at radius 2 is 2.33 bits per heavy atom. The first kappa shape index (κ1) is 15.7. The number of carboxylic acids is 1. The summed E-state index contributed by atoms with van der Waals surface area (Å²) in [5.74, 6) is -0.959. The van der Waals surface area contributed by atoms with Crippen LogP contribution in [0.3, 0.4) is 0 Å². The molecule has 0 saturated heterocycles. The summed E-state index contributed by atoms with van der Waals surface area (Å²) < 4.78 is 28.3. The zero-order chi connectivity index (χ0) is 15.5. The van der Waals surface area contributed by atoms with Gasteiger partial charge in [0.25, 0.3) is 0 Å². The van der Waals surface area contributed by atoms with Crippen LogP contribution in [0.15, 0.2) is 34.1 Å². The van der Waals surface area contributed by atoms with E-state index in [1.807, 2.05) is 16.8 Å². The van der Waals surface area contributed by atoms with Gasteiger partial charge in [0.2, 0.25) is 10.0 Å². The van der Waals surface area contributed by atoms with E-state index in [0.717, 1.165) is 5.56 Å². The summed E-state index contributed by atoms with van der Waals surface area (Å²) in [5, 5.41) is 16.2. The van der Waals surface area contributed by atoms with Gasteiger partial charge in [-0.05, 0) is 29.3 Å². The molecule has 2 rings (SSSR count). The number of thiophene rings is 1. The highest BCUT2D eigenvalue weighted by Crippen LogP contribution is 2.18. The molecule has 2 aromatic heterocycles. The lowest BCUT2D eigenvalue weighted by Gasteiger charge is -2.11. The number of hydrogen-bond donors (Lipinski definition) is 2. The Bertz CT molecular complexity index is 707. The highest BCUT2D eigenvalue weighted by Gasteiger charge is 2.20. The number of aliphatic carboxylic acids is 1. The van der Waals surface area contributed by atoms with Crippen molar-refractivity contribution in [2.24, 2.45) is 0 Å². The van der Waals surface area contributed by atoms with Gasteiger partial charge in [-0.25, -0.2) is 13.1 Å². The van der Waals surface area contributed by atoms with Crippen molar-refractivity contribution in [3.05, 3.63) is 34.8 Å². The molecule has 2 aromatic rings. The molecule has 0 spiro atoms. The molecule has 2 heterocycles. The molecular formula is C12H15N3O4S2. The summed E-state index contributed by atoms with van der Waals surface area (Å²) >= 11 is 1.50. The maximum Gasteiger partial charge on any atom is 0.305 e. The number of sulfonamides is 1. The third-order valence-electron chi connectivity index (χ3n) is 2.85. The maximum atomic E-state index is 12.2. The molecule has 9 heteroatoms. The molecule has 0 bridgehead atoms. The molecule has 0 aliphatic heterocycles. The smallest absolute Gasteiger partial charge is 0.305 e. The molecule has 0 radical (unpaired) electrons. The van der Waals surface area contributed by atoms with Crippen molar-refractivity contribution in [3.63, 3.8) is 0 Å². The standard InChI is InChI=1S/C12H15N3O4S2/c1-9(10-3-5-20-8-10)14-21(18,19)11-6-13-15(7-11)4-2-12(16)17/h3,5-9,14H,2,4H2,1H3,(H,16,17). The number of aromatic nitrogens is 2. The fourth-order valence-corrected chi connectivity index (χ4v) is 3.64. The van der Waals surface area contributed by atoms with Crippen molar-refractivity contribution in [2.75, 3.05) is 0 Å². The second kappa shape index (κ2) is 6.37. The second-order valence-corrected chi connectivity index (χ2v) is 6.98. The number of hydrogen-bond acceptors (Lipinski definition) is 5. The largest absolute Gasteiger partial charge is 0.481 e. The molecule has 21 heavy (non-hydrogen) atoms. The van der Waals surface area contributed by atoms with E-state index in [9.17, 15) is 13.2 Å². The minimum atomic E-state index is -3.68. The van der Waals surface area contributed by atoms with Crippen LogP contribution >= 0.6 is 11.3 Å². The Hall–Kier alpha value is -1.71. The predicted molar refractivity (Wildman–Crippen MR) is 77.5 cm³/mol. The molecule has 7 nitrogen and oxygen atoms in total. The Balaban J connectivity index is 2.07. The first-order chi connectivity index (χ1) is 9.88. The van der Waals surface area contributed by atoms with E-state index in [2.05, 4.69) is 9.82 Å². The number of nitrogens with zero attached hydrogens (tertiary/aromatic N) is 2. The molecule has 0 saturated carbocycles. The van der Waals surface area contributed by atoms with Gasteiger partial charge < -0.3 is 5.11 Å². The number of carboxylic acid groups (broad SMARTS) is 1. The molecule has 0 amide bonds. The van der Waals surface area contributed by atoms with Gasteiger partial charge in [0.15, 0.2) is 0 Å². The van der Waals surface area contributed by atoms with Crippen molar-refractivity contribution in [3.8, 4) is 0 Å². The molecule has 1 atom stereocenters. The number of aryl methyl sites for hydroxylation is 1. The quantitative estimate of drug-likeness (QED) is 0.801. The zero-order valence-electron chi connectivity index (χ0n) is 11.3. The van der Waals surface area contributed by atoms with Crippen LogP contribution in [0.2, 0.25) is 0 Å². The monoisotopic (exact) mass is 329 g/mol. The Morgan fingerprint density at radius 1 is 1.57 bits per heavy atom. The van der Waals surface area contributed by atoms with E-state index >= 15 is 0 Å². The van der Waals surface area contributed by atoms with Crippen LogP contribution in [-0.4, -0.2) is 29.3 Å². The molecule has 0 fully saturated rings. The van der Waals surface area contributed by atoms with Crippen molar-refractivity contribution in [2.45, 2.75) is 30.8 Å². The van der Waals surface area contributed by atoms with E-state index in [1.165, 1.54) is 28.4 Å². The SMILES string of the molecule is CC(NS(=O)(=O)c1cnn(CCC(=O)O)c1)c1ccsc1. The normalized spacial score (nSPS) is 13.2. The minimum absolute atomic E-state index is 0.0231. The number of carbonyl (C=O) groups is 1. The van der Waals surface area contributed by atoms with Gasteiger partial charge in [-0.1, -0.05) is 0 Å². The van der Waals surface area contributed by atoms with Crippen LogP contribution in [0, 0.1) is 0 Å². The highest BCUT2D eigenvalue weighted by molar-refractivity contribution is 7.89. The predicted octanol–water partition coefficient (Wildman–Crippen LogP) is 1.46. The molecule has 1 unspecified atom stereocenters. The molecule has 0 aliphatic carbocycles. The fourth-order valence-electron chi connectivity index (χ4n) is 1.71. The van der Waals surface area contributed by atoms with Crippen molar-refractivity contribution >= 4 is 27.3 Å². The lowest BCUT2D eigenvalue weighted by atomic mass is 10.2. The molecule has 0 aliphatic rings. The summed E-state index contributed by atoms with van der Waals surface area (Å²) in [5.41, 5.74) is 0.891. The van der Waals surface area contributed by atoms with Gasteiger partial charge in [-0.15, -0.1) is 0 Å². The summed E-state index contributed by atoms with van der Waals surface area (Å²) in [7, 11) is -3.68. The topological polar surface area (TPSA) is 101 Å².